The van der Waals surface area contributed by atoms with Gasteiger partial charge in [-0.15, -0.1) is 0 Å². The molecule has 0 heterocycles. The van der Waals surface area contributed by atoms with Crippen LogP contribution in [0.3, 0.4) is 0 Å². The number of hydrogen-bond acceptors (Lipinski definition) is 2. The molecule has 0 saturated carbocycles. The van der Waals surface area contributed by atoms with Crippen molar-refractivity contribution in [3.63, 3.8) is 0 Å². The van der Waals surface area contributed by atoms with Crippen LogP contribution in [0.5, 0.6) is 5.75 Å². The van der Waals surface area contributed by atoms with Crippen molar-refractivity contribution in [2.24, 2.45) is 5.73 Å². The van der Waals surface area contributed by atoms with Gasteiger partial charge in [0, 0.05) is 6.04 Å². The lowest BCUT2D eigenvalue weighted by Gasteiger charge is -2.17. The standard InChI is InChI=1S/C19H25NO/c1-5-21-17-8-6-7-16(11-17)19(20)12-18-14(3)9-13(2)10-15(18)4/h6-11,19H,5,12,20H2,1-4H3. The molecule has 0 aliphatic heterocycles. The van der Waals surface area contributed by atoms with Crippen LogP contribution in [0.15, 0.2) is 36.4 Å². The van der Waals surface area contributed by atoms with Crippen LogP contribution in [0.25, 0.3) is 0 Å². The summed E-state index contributed by atoms with van der Waals surface area (Å²) in [6.07, 6.45) is 0.855. The van der Waals surface area contributed by atoms with Gasteiger partial charge < -0.3 is 10.5 Å². The molecule has 0 fully saturated rings. The van der Waals surface area contributed by atoms with E-state index in [1.54, 1.807) is 0 Å². The summed E-state index contributed by atoms with van der Waals surface area (Å²) in [6, 6.07) is 12.6. The minimum Gasteiger partial charge on any atom is -0.494 e. The zero-order valence-corrected chi connectivity index (χ0v) is 13.4. The third-order valence-electron chi connectivity index (χ3n) is 3.86. The van der Waals surface area contributed by atoms with Crippen molar-refractivity contribution in [2.75, 3.05) is 6.61 Å². The van der Waals surface area contributed by atoms with Crippen molar-refractivity contribution in [3.05, 3.63) is 64.2 Å². The summed E-state index contributed by atoms with van der Waals surface area (Å²) in [5.74, 6) is 0.891. The molecular weight excluding hydrogens is 258 g/mol. The Balaban J connectivity index is 2.22. The highest BCUT2D eigenvalue weighted by Crippen LogP contribution is 2.24. The first kappa shape index (κ1) is 15.6. The summed E-state index contributed by atoms with van der Waals surface area (Å²) in [5.41, 5.74) is 12.8. The first-order valence-corrected chi connectivity index (χ1v) is 7.56. The molecule has 0 radical (unpaired) electrons. The Morgan fingerprint density at radius 2 is 1.71 bits per heavy atom. The molecular formula is C19H25NO. The summed E-state index contributed by atoms with van der Waals surface area (Å²) in [5, 5.41) is 0. The maximum atomic E-state index is 6.41. The minimum atomic E-state index is -0.00878. The highest BCUT2D eigenvalue weighted by atomic mass is 16.5. The Labute approximate surface area is 127 Å². The molecule has 2 heteroatoms. The molecule has 0 aliphatic carbocycles. The molecule has 0 spiro atoms. The van der Waals surface area contributed by atoms with Crippen molar-refractivity contribution in [3.8, 4) is 5.75 Å². The summed E-state index contributed by atoms with van der Waals surface area (Å²) >= 11 is 0. The molecule has 2 rings (SSSR count). The van der Waals surface area contributed by atoms with Gasteiger partial charge in [-0.2, -0.15) is 0 Å². The number of aryl methyl sites for hydroxylation is 3. The van der Waals surface area contributed by atoms with E-state index in [0.29, 0.717) is 6.61 Å². The second-order valence-corrected chi connectivity index (χ2v) is 5.69. The fourth-order valence-corrected chi connectivity index (χ4v) is 2.87. The molecule has 0 saturated heterocycles. The van der Waals surface area contributed by atoms with Gasteiger partial charge in [-0.05, 0) is 68.5 Å². The Hall–Kier alpha value is -1.80. The monoisotopic (exact) mass is 283 g/mol. The number of rotatable bonds is 5. The first-order chi connectivity index (χ1) is 10.0. The number of benzene rings is 2. The van der Waals surface area contributed by atoms with E-state index in [-0.39, 0.29) is 6.04 Å². The van der Waals surface area contributed by atoms with E-state index in [4.69, 9.17) is 10.5 Å². The maximum Gasteiger partial charge on any atom is 0.119 e. The van der Waals surface area contributed by atoms with Gasteiger partial charge >= 0.3 is 0 Å². The number of ether oxygens (including phenoxy) is 1. The molecule has 2 aromatic rings. The Kier molecular flexibility index (Phi) is 5.03. The van der Waals surface area contributed by atoms with Gasteiger partial charge in [-0.1, -0.05) is 29.8 Å². The van der Waals surface area contributed by atoms with E-state index in [1.807, 2.05) is 25.1 Å². The van der Waals surface area contributed by atoms with E-state index < -0.39 is 0 Å². The summed E-state index contributed by atoms with van der Waals surface area (Å²) in [6.45, 7) is 9.13. The average molecular weight is 283 g/mol. The molecule has 0 amide bonds. The van der Waals surface area contributed by atoms with Crippen LogP contribution in [0, 0.1) is 20.8 Å². The first-order valence-electron chi connectivity index (χ1n) is 7.56. The Bertz CT molecular complexity index is 596. The SMILES string of the molecule is CCOc1cccc(C(N)Cc2c(C)cc(C)cc2C)c1. The van der Waals surface area contributed by atoms with E-state index in [2.05, 4.69) is 39.0 Å². The minimum absolute atomic E-state index is 0.00878. The summed E-state index contributed by atoms with van der Waals surface area (Å²) in [4.78, 5) is 0. The fraction of sp³-hybridized carbons (Fsp3) is 0.368. The zero-order chi connectivity index (χ0) is 15.4. The molecule has 0 aromatic heterocycles. The maximum absolute atomic E-state index is 6.41. The fourth-order valence-electron chi connectivity index (χ4n) is 2.87. The third-order valence-corrected chi connectivity index (χ3v) is 3.86. The average Bonchev–Trinajstić information content (AvgIpc) is 2.43. The largest absolute Gasteiger partial charge is 0.494 e. The van der Waals surface area contributed by atoms with Crippen LogP contribution in [0.1, 0.15) is 40.8 Å². The molecule has 1 atom stereocenters. The molecule has 0 aliphatic rings. The van der Waals surface area contributed by atoms with E-state index >= 15 is 0 Å². The van der Waals surface area contributed by atoms with Crippen molar-refractivity contribution in [2.45, 2.75) is 40.2 Å². The van der Waals surface area contributed by atoms with Crippen molar-refractivity contribution in [1.82, 2.24) is 0 Å². The van der Waals surface area contributed by atoms with Crippen LogP contribution >= 0.6 is 0 Å². The molecule has 2 aromatic carbocycles. The van der Waals surface area contributed by atoms with Gasteiger partial charge in [-0.25, -0.2) is 0 Å². The number of hydrogen-bond donors (Lipinski definition) is 1. The number of nitrogens with two attached hydrogens (primary N) is 1. The van der Waals surface area contributed by atoms with Crippen molar-refractivity contribution < 1.29 is 4.74 Å². The summed E-state index contributed by atoms with van der Waals surface area (Å²) < 4.78 is 5.55. The predicted molar refractivity (Wildman–Crippen MR) is 88.9 cm³/mol. The van der Waals surface area contributed by atoms with Crippen molar-refractivity contribution in [1.29, 1.82) is 0 Å². The van der Waals surface area contributed by atoms with E-state index in [0.717, 1.165) is 17.7 Å². The molecule has 21 heavy (non-hydrogen) atoms. The smallest absolute Gasteiger partial charge is 0.119 e. The second-order valence-electron chi connectivity index (χ2n) is 5.69. The topological polar surface area (TPSA) is 35.2 Å². The van der Waals surface area contributed by atoms with Gasteiger partial charge in [0.1, 0.15) is 5.75 Å². The lowest BCUT2D eigenvalue weighted by molar-refractivity contribution is 0.339. The molecule has 112 valence electrons. The van der Waals surface area contributed by atoms with Gasteiger partial charge in [0.25, 0.3) is 0 Å². The highest BCUT2D eigenvalue weighted by molar-refractivity contribution is 5.39. The highest BCUT2D eigenvalue weighted by Gasteiger charge is 2.12. The predicted octanol–water partition coefficient (Wildman–Crippen LogP) is 4.25. The van der Waals surface area contributed by atoms with Gasteiger partial charge in [0.15, 0.2) is 0 Å². The second kappa shape index (κ2) is 6.77. The van der Waals surface area contributed by atoms with Crippen LogP contribution in [-0.2, 0) is 6.42 Å². The Morgan fingerprint density at radius 3 is 2.33 bits per heavy atom. The molecule has 2 nitrogen and oxygen atoms in total. The Morgan fingerprint density at radius 1 is 1.05 bits per heavy atom. The van der Waals surface area contributed by atoms with Crippen LogP contribution in [0.2, 0.25) is 0 Å². The van der Waals surface area contributed by atoms with Crippen molar-refractivity contribution >= 4 is 0 Å². The normalized spacial score (nSPS) is 12.2. The van der Waals surface area contributed by atoms with E-state index in [1.165, 1.54) is 22.3 Å². The van der Waals surface area contributed by atoms with Gasteiger partial charge in [-0.3, -0.25) is 0 Å². The van der Waals surface area contributed by atoms with Gasteiger partial charge in [0.05, 0.1) is 6.61 Å². The lowest BCUT2D eigenvalue weighted by Crippen LogP contribution is -2.15. The molecule has 2 N–H and O–H groups in total. The van der Waals surface area contributed by atoms with Gasteiger partial charge in [0.2, 0.25) is 0 Å². The van der Waals surface area contributed by atoms with E-state index in [9.17, 15) is 0 Å². The molecule has 1 unspecified atom stereocenters. The molecule has 0 bridgehead atoms. The zero-order valence-electron chi connectivity index (χ0n) is 13.4. The lowest BCUT2D eigenvalue weighted by atomic mass is 9.92. The van der Waals surface area contributed by atoms with Crippen LogP contribution in [0.4, 0.5) is 0 Å². The quantitative estimate of drug-likeness (QED) is 0.890. The summed E-state index contributed by atoms with van der Waals surface area (Å²) in [7, 11) is 0. The van der Waals surface area contributed by atoms with Crippen LogP contribution < -0.4 is 10.5 Å². The third kappa shape index (κ3) is 3.85. The van der Waals surface area contributed by atoms with Crippen LogP contribution in [-0.4, -0.2) is 6.61 Å².